The molecule has 2 aromatic rings. The van der Waals surface area contributed by atoms with E-state index in [0.29, 0.717) is 34.6 Å². The topological polar surface area (TPSA) is 49.4 Å². The van der Waals surface area contributed by atoms with Crippen molar-refractivity contribution in [1.82, 2.24) is 10.2 Å². The first kappa shape index (κ1) is 23.2. The van der Waals surface area contributed by atoms with Gasteiger partial charge in [0.1, 0.15) is 6.04 Å². The molecule has 6 heteroatoms. The lowest BCUT2D eigenvalue weighted by Crippen LogP contribution is -2.48. The second-order valence-corrected chi connectivity index (χ2v) is 8.51. The van der Waals surface area contributed by atoms with E-state index in [-0.39, 0.29) is 18.2 Å². The van der Waals surface area contributed by atoms with E-state index in [2.05, 4.69) is 5.32 Å². The minimum absolute atomic E-state index is 0.0339. The number of carbonyl (C=O) groups is 2. The summed E-state index contributed by atoms with van der Waals surface area (Å²) in [6.45, 7) is 8.70. The first-order chi connectivity index (χ1) is 13.7. The third kappa shape index (κ3) is 6.76. The smallest absolute Gasteiger partial charge is 0.242 e. The van der Waals surface area contributed by atoms with E-state index in [9.17, 15) is 9.59 Å². The predicted octanol–water partition coefficient (Wildman–Crippen LogP) is 5.03. The number of hydrogen-bond acceptors (Lipinski definition) is 2. The Kier molecular flexibility index (Phi) is 8.54. The van der Waals surface area contributed by atoms with Gasteiger partial charge in [-0.2, -0.15) is 0 Å². The van der Waals surface area contributed by atoms with Gasteiger partial charge in [-0.25, -0.2) is 0 Å². The summed E-state index contributed by atoms with van der Waals surface area (Å²) in [5.41, 5.74) is 2.67. The summed E-state index contributed by atoms with van der Waals surface area (Å²) in [5, 5.41) is 3.80. The van der Waals surface area contributed by atoms with Gasteiger partial charge in [0.05, 0.1) is 6.42 Å². The lowest BCUT2D eigenvalue weighted by atomic mass is 10.1. The molecule has 4 nitrogen and oxygen atoms in total. The Labute approximate surface area is 183 Å². The number of hydrogen-bond donors (Lipinski definition) is 1. The number of carbonyl (C=O) groups excluding carboxylic acids is 2. The standard InChI is InChI=1S/C23H28Cl2N2O2/c1-15(2)13-26-23(29)17(4)27(14-18-10-8-16(3)9-11-18)22(28)12-19-20(24)6-5-7-21(19)25/h5-11,15,17H,12-14H2,1-4H3,(H,26,29)/t17-/m1/s1. The van der Waals surface area contributed by atoms with Gasteiger partial charge in [-0.05, 0) is 43.0 Å². The van der Waals surface area contributed by atoms with Crippen molar-refractivity contribution in [1.29, 1.82) is 0 Å². The molecule has 0 spiro atoms. The maximum atomic E-state index is 13.2. The zero-order valence-electron chi connectivity index (χ0n) is 17.3. The van der Waals surface area contributed by atoms with E-state index in [1.165, 1.54) is 0 Å². The molecule has 0 fully saturated rings. The molecule has 0 bridgehead atoms. The van der Waals surface area contributed by atoms with Crippen LogP contribution in [0, 0.1) is 12.8 Å². The molecule has 0 unspecified atom stereocenters. The number of halogens is 2. The molecule has 29 heavy (non-hydrogen) atoms. The summed E-state index contributed by atoms with van der Waals surface area (Å²) < 4.78 is 0. The highest BCUT2D eigenvalue weighted by atomic mass is 35.5. The van der Waals surface area contributed by atoms with Crippen molar-refractivity contribution in [2.45, 2.75) is 46.7 Å². The van der Waals surface area contributed by atoms with Gasteiger partial charge in [0.15, 0.2) is 0 Å². The van der Waals surface area contributed by atoms with Crippen molar-refractivity contribution in [3.05, 3.63) is 69.2 Å². The van der Waals surface area contributed by atoms with Gasteiger partial charge in [-0.15, -0.1) is 0 Å². The third-order valence-corrected chi connectivity index (χ3v) is 5.42. The highest BCUT2D eigenvalue weighted by Crippen LogP contribution is 2.26. The molecule has 0 saturated carbocycles. The molecule has 1 N–H and O–H groups in total. The molecular formula is C23H28Cl2N2O2. The van der Waals surface area contributed by atoms with E-state index >= 15 is 0 Å². The Morgan fingerprint density at radius 1 is 1.00 bits per heavy atom. The molecule has 2 aromatic carbocycles. The fraction of sp³-hybridized carbons (Fsp3) is 0.391. The molecule has 2 amide bonds. The van der Waals surface area contributed by atoms with Crippen LogP contribution in [0.3, 0.4) is 0 Å². The molecule has 0 aliphatic heterocycles. The number of rotatable bonds is 8. The van der Waals surface area contributed by atoms with Gasteiger partial charge in [0.2, 0.25) is 11.8 Å². The molecule has 1 atom stereocenters. The second kappa shape index (κ2) is 10.7. The molecule has 0 saturated heterocycles. The van der Waals surface area contributed by atoms with Crippen molar-refractivity contribution in [3.8, 4) is 0 Å². The molecule has 0 aromatic heterocycles. The van der Waals surface area contributed by atoms with Crippen LogP contribution >= 0.6 is 23.2 Å². The van der Waals surface area contributed by atoms with Gasteiger partial charge in [-0.1, -0.05) is 72.9 Å². The van der Waals surface area contributed by atoms with E-state index < -0.39 is 6.04 Å². The van der Waals surface area contributed by atoms with E-state index in [1.807, 2.05) is 45.0 Å². The SMILES string of the molecule is Cc1ccc(CN(C(=O)Cc2c(Cl)cccc2Cl)[C@H](C)C(=O)NCC(C)C)cc1. The number of nitrogens with zero attached hydrogens (tertiary/aromatic N) is 1. The van der Waals surface area contributed by atoms with E-state index in [1.54, 1.807) is 30.0 Å². The maximum absolute atomic E-state index is 13.2. The minimum atomic E-state index is -0.621. The average Bonchev–Trinajstić information content (AvgIpc) is 2.67. The Morgan fingerprint density at radius 3 is 2.14 bits per heavy atom. The molecule has 156 valence electrons. The molecule has 0 heterocycles. The van der Waals surface area contributed by atoms with Gasteiger partial charge in [0.25, 0.3) is 0 Å². The third-order valence-electron chi connectivity index (χ3n) is 4.72. The summed E-state index contributed by atoms with van der Waals surface area (Å²) in [7, 11) is 0. The molecule has 0 aliphatic carbocycles. The molecular weight excluding hydrogens is 407 g/mol. The maximum Gasteiger partial charge on any atom is 0.242 e. The number of amides is 2. The van der Waals surface area contributed by atoms with Crippen LogP contribution in [-0.2, 0) is 22.6 Å². The van der Waals surface area contributed by atoms with Crippen molar-refractivity contribution >= 4 is 35.0 Å². The molecule has 2 rings (SSSR count). The van der Waals surface area contributed by atoms with Crippen molar-refractivity contribution in [3.63, 3.8) is 0 Å². The van der Waals surface area contributed by atoms with Gasteiger partial charge in [0, 0.05) is 23.1 Å². The average molecular weight is 435 g/mol. The summed E-state index contributed by atoms with van der Waals surface area (Å²) in [6.07, 6.45) is 0.0339. The number of nitrogens with one attached hydrogen (secondary N) is 1. The van der Waals surface area contributed by atoms with E-state index in [4.69, 9.17) is 23.2 Å². The van der Waals surface area contributed by atoms with Crippen LogP contribution < -0.4 is 5.32 Å². The molecule has 0 aliphatic rings. The summed E-state index contributed by atoms with van der Waals surface area (Å²) >= 11 is 12.5. The highest BCUT2D eigenvalue weighted by molar-refractivity contribution is 6.36. The Morgan fingerprint density at radius 2 is 1.59 bits per heavy atom. The summed E-state index contributed by atoms with van der Waals surface area (Å²) in [4.78, 5) is 27.5. The summed E-state index contributed by atoms with van der Waals surface area (Å²) in [5.74, 6) is -0.0495. The fourth-order valence-corrected chi connectivity index (χ4v) is 3.41. The molecule has 0 radical (unpaired) electrons. The first-order valence-corrected chi connectivity index (χ1v) is 10.5. The highest BCUT2D eigenvalue weighted by Gasteiger charge is 2.27. The van der Waals surface area contributed by atoms with Crippen molar-refractivity contribution < 1.29 is 9.59 Å². The first-order valence-electron chi connectivity index (χ1n) is 9.74. The minimum Gasteiger partial charge on any atom is -0.354 e. The largest absolute Gasteiger partial charge is 0.354 e. The predicted molar refractivity (Wildman–Crippen MR) is 119 cm³/mol. The second-order valence-electron chi connectivity index (χ2n) is 7.70. The normalized spacial score (nSPS) is 12.0. The van der Waals surface area contributed by atoms with Crippen LogP contribution in [0.25, 0.3) is 0 Å². The van der Waals surface area contributed by atoms with Crippen LogP contribution in [0.4, 0.5) is 0 Å². The summed E-state index contributed by atoms with van der Waals surface area (Å²) in [6, 6.07) is 12.5. The van der Waals surface area contributed by atoms with Gasteiger partial charge < -0.3 is 10.2 Å². The number of aryl methyl sites for hydroxylation is 1. The lowest BCUT2D eigenvalue weighted by Gasteiger charge is -2.29. The van der Waals surface area contributed by atoms with Gasteiger partial charge in [-0.3, -0.25) is 9.59 Å². The Balaban J connectivity index is 2.26. The van der Waals surface area contributed by atoms with Crippen LogP contribution in [0.15, 0.2) is 42.5 Å². The monoisotopic (exact) mass is 434 g/mol. The number of benzene rings is 2. The van der Waals surface area contributed by atoms with Crippen LogP contribution in [0.1, 0.15) is 37.5 Å². The van der Waals surface area contributed by atoms with Crippen molar-refractivity contribution in [2.75, 3.05) is 6.54 Å². The Bertz CT molecular complexity index is 830. The fourth-order valence-electron chi connectivity index (χ4n) is 2.88. The zero-order chi connectivity index (χ0) is 21.6. The van der Waals surface area contributed by atoms with Crippen LogP contribution in [-0.4, -0.2) is 29.3 Å². The van der Waals surface area contributed by atoms with Crippen molar-refractivity contribution in [2.24, 2.45) is 5.92 Å². The van der Waals surface area contributed by atoms with Gasteiger partial charge >= 0.3 is 0 Å². The van der Waals surface area contributed by atoms with Crippen LogP contribution in [0.5, 0.6) is 0 Å². The van der Waals surface area contributed by atoms with E-state index in [0.717, 1.165) is 11.1 Å². The lowest BCUT2D eigenvalue weighted by molar-refractivity contribution is -0.140. The zero-order valence-corrected chi connectivity index (χ0v) is 18.8. The quantitative estimate of drug-likeness (QED) is 0.632. The van der Waals surface area contributed by atoms with Crippen LogP contribution in [0.2, 0.25) is 10.0 Å². The Hall–Kier alpha value is -2.04.